The molecule has 26 heavy (non-hydrogen) atoms. The van der Waals surface area contributed by atoms with Gasteiger partial charge in [-0.3, -0.25) is 0 Å². The highest BCUT2D eigenvalue weighted by molar-refractivity contribution is 6.01. The highest BCUT2D eigenvalue weighted by Gasteiger charge is 2.13. The van der Waals surface area contributed by atoms with Crippen LogP contribution in [-0.2, 0) is 0 Å². The number of carbonyl (C=O) groups is 2. The van der Waals surface area contributed by atoms with Gasteiger partial charge >= 0.3 is 11.9 Å². The molecule has 2 aromatic rings. The third-order valence-electron chi connectivity index (χ3n) is 2.05. The third kappa shape index (κ3) is 16.7. The van der Waals surface area contributed by atoms with Gasteiger partial charge in [0.1, 0.15) is 0 Å². The van der Waals surface area contributed by atoms with Crippen LogP contribution in [0.25, 0.3) is 0 Å². The predicted octanol–water partition coefficient (Wildman–Crippen LogP) is 5.98. The second-order valence-electron chi connectivity index (χ2n) is 3.31. The Kier molecular flexibility index (Phi) is 30.5. The molecule has 0 aliphatic heterocycles. The van der Waals surface area contributed by atoms with Crippen LogP contribution < -0.4 is 0 Å². The highest BCUT2D eigenvalue weighted by Crippen LogP contribution is 2.07. The first-order valence-electron chi connectivity index (χ1n) is 7.18. The van der Waals surface area contributed by atoms with Crippen LogP contribution in [0.4, 0.5) is 0 Å². The van der Waals surface area contributed by atoms with E-state index in [1.807, 2.05) is 36.4 Å². The lowest BCUT2D eigenvalue weighted by molar-refractivity contribution is 0.0651. The van der Waals surface area contributed by atoms with Crippen LogP contribution in [-0.4, -0.2) is 22.2 Å². The molecule has 0 radical (unpaired) electrons. The molecule has 2 rings (SSSR count). The predicted molar refractivity (Wildman–Crippen MR) is 112 cm³/mol. The smallest absolute Gasteiger partial charge is 0.336 e. The van der Waals surface area contributed by atoms with Crippen molar-refractivity contribution in [2.24, 2.45) is 0 Å². The molecule has 2 N–H and O–H groups in total. The van der Waals surface area contributed by atoms with Gasteiger partial charge in [0.05, 0.1) is 11.1 Å². The first kappa shape index (κ1) is 30.2. The Bertz CT molecular complexity index is 512. The Balaban J connectivity index is -0.000000146. The first-order chi connectivity index (χ1) is 12.6. The van der Waals surface area contributed by atoms with E-state index >= 15 is 0 Å². The summed E-state index contributed by atoms with van der Waals surface area (Å²) in [5.41, 5.74) is -0.380. The molecule has 0 aliphatic carbocycles. The summed E-state index contributed by atoms with van der Waals surface area (Å²) >= 11 is 0. The molecular formula is C22H28O4. The number of carboxylic acid groups (broad SMARTS) is 2. The number of benzene rings is 2. The van der Waals surface area contributed by atoms with E-state index in [9.17, 15) is 9.59 Å². The van der Waals surface area contributed by atoms with Crippen molar-refractivity contribution in [1.82, 2.24) is 0 Å². The number of aromatic carboxylic acids is 2. The second-order valence-corrected chi connectivity index (χ2v) is 3.31. The summed E-state index contributed by atoms with van der Waals surface area (Å²) in [7, 11) is 0. The lowest BCUT2D eigenvalue weighted by Crippen LogP contribution is -2.06. The molecule has 0 atom stereocenters. The van der Waals surface area contributed by atoms with E-state index < -0.39 is 11.9 Å². The van der Waals surface area contributed by atoms with Gasteiger partial charge in [-0.25, -0.2) is 9.59 Å². The summed E-state index contributed by atoms with van der Waals surface area (Å²) in [6.45, 7) is 24.0. The Morgan fingerprint density at radius 3 is 0.846 bits per heavy atom. The molecule has 0 aliphatic rings. The topological polar surface area (TPSA) is 74.6 Å². The zero-order valence-electron chi connectivity index (χ0n) is 15.1. The Morgan fingerprint density at radius 1 is 0.500 bits per heavy atom. The van der Waals surface area contributed by atoms with E-state index in [4.69, 9.17) is 10.2 Å². The Hall–Kier alpha value is -3.66. The normalized spacial score (nSPS) is 6.77. The summed E-state index contributed by atoms with van der Waals surface area (Å²) in [5, 5.41) is 17.1. The average molecular weight is 356 g/mol. The molecule has 0 saturated carbocycles. The number of carboxylic acids is 2. The van der Waals surface area contributed by atoms with Crippen LogP contribution in [0.15, 0.2) is 113 Å². The van der Waals surface area contributed by atoms with Gasteiger partial charge in [-0.05, 0) is 12.1 Å². The average Bonchev–Trinajstić information content (AvgIpc) is 2.75. The van der Waals surface area contributed by atoms with E-state index in [0.717, 1.165) is 0 Å². The van der Waals surface area contributed by atoms with E-state index in [-0.39, 0.29) is 11.1 Å². The van der Waals surface area contributed by atoms with Crippen molar-refractivity contribution >= 4 is 11.9 Å². The molecule has 4 nitrogen and oxygen atoms in total. The number of hydrogen-bond donors (Lipinski definition) is 2. The third-order valence-corrected chi connectivity index (χ3v) is 2.05. The van der Waals surface area contributed by atoms with Gasteiger partial charge in [0, 0.05) is 0 Å². The lowest BCUT2D eigenvalue weighted by Gasteiger charge is -1.98. The van der Waals surface area contributed by atoms with Crippen LogP contribution in [0.5, 0.6) is 0 Å². The van der Waals surface area contributed by atoms with E-state index in [1.165, 1.54) is 24.3 Å². The van der Waals surface area contributed by atoms with Gasteiger partial charge in [-0.2, -0.15) is 0 Å². The molecular weight excluding hydrogens is 328 g/mol. The van der Waals surface area contributed by atoms with Crippen molar-refractivity contribution < 1.29 is 19.8 Å². The SMILES string of the molecule is C=C.C=C.C=C.C=C.O=C(O)c1ccccc1C(=O)O.c1ccccc1. The molecule has 0 unspecified atom stereocenters. The summed E-state index contributed by atoms with van der Waals surface area (Å²) in [4.78, 5) is 20.9. The molecule has 0 saturated heterocycles. The zero-order chi connectivity index (χ0) is 21.4. The number of rotatable bonds is 2. The van der Waals surface area contributed by atoms with Gasteiger partial charge in [0.15, 0.2) is 0 Å². The van der Waals surface area contributed by atoms with Crippen LogP contribution >= 0.6 is 0 Å². The van der Waals surface area contributed by atoms with Crippen molar-refractivity contribution in [2.45, 2.75) is 0 Å². The molecule has 0 spiro atoms. The fourth-order valence-electron chi connectivity index (χ4n) is 1.24. The second kappa shape index (κ2) is 26.2. The van der Waals surface area contributed by atoms with Crippen molar-refractivity contribution in [1.29, 1.82) is 0 Å². The highest BCUT2D eigenvalue weighted by atomic mass is 16.4. The van der Waals surface area contributed by atoms with Crippen LogP contribution in [0.3, 0.4) is 0 Å². The molecule has 4 heteroatoms. The van der Waals surface area contributed by atoms with Crippen molar-refractivity contribution in [3.8, 4) is 0 Å². The molecule has 0 amide bonds. The van der Waals surface area contributed by atoms with Gasteiger partial charge in [0.2, 0.25) is 0 Å². The molecule has 2 aromatic carbocycles. The van der Waals surface area contributed by atoms with E-state index in [0.29, 0.717) is 0 Å². The van der Waals surface area contributed by atoms with Crippen molar-refractivity contribution in [3.63, 3.8) is 0 Å². The quantitative estimate of drug-likeness (QED) is 0.649. The van der Waals surface area contributed by atoms with Crippen LogP contribution in [0.1, 0.15) is 20.7 Å². The molecule has 0 fully saturated rings. The molecule has 140 valence electrons. The first-order valence-corrected chi connectivity index (χ1v) is 7.18. The van der Waals surface area contributed by atoms with Crippen LogP contribution in [0.2, 0.25) is 0 Å². The monoisotopic (exact) mass is 356 g/mol. The maximum Gasteiger partial charge on any atom is 0.336 e. The van der Waals surface area contributed by atoms with Gasteiger partial charge < -0.3 is 10.2 Å². The van der Waals surface area contributed by atoms with Crippen LogP contribution in [0, 0.1) is 0 Å². The summed E-state index contributed by atoms with van der Waals surface area (Å²) < 4.78 is 0. The summed E-state index contributed by atoms with van der Waals surface area (Å²) in [6.07, 6.45) is 0. The Morgan fingerprint density at radius 2 is 0.692 bits per heavy atom. The Labute approximate surface area is 156 Å². The fourth-order valence-corrected chi connectivity index (χ4v) is 1.24. The van der Waals surface area contributed by atoms with Crippen molar-refractivity contribution in [3.05, 3.63) is 124 Å². The maximum absolute atomic E-state index is 10.5. The summed E-state index contributed by atoms with van der Waals surface area (Å²) in [5.74, 6) is -2.46. The minimum atomic E-state index is -1.23. The molecule has 0 aromatic heterocycles. The van der Waals surface area contributed by atoms with Gasteiger partial charge in [-0.1, -0.05) is 48.5 Å². The maximum atomic E-state index is 10.5. The zero-order valence-corrected chi connectivity index (χ0v) is 15.1. The molecule has 0 heterocycles. The molecule has 0 bridgehead atoms. The largest absolute Gasteiger partial charge is 0.478 e. The standard InChI is InChI=1S/C8H6O4.C6H6.4C2H4/c9-7(10)5-3-1-2-4-6(5)8(11)12;1-2-4-6-5-3-1;4*1-2/h1-4H,(H,9,10)(H,11,12);1-6H;4*1-2H2. The summed E-state index contributed by atoms with van der Waals surface area (Å²) in [6, 6.07) is 17.5. The lowest BCUT2D eigenvalue weighted by atomic mass is 10.1. The minimum Gasteiger partial charge on any atom is -0.478 e. The minimum absolute atomic E-state index is 0.190. The fraction of sp³-hybridized carbons (Fsp3) is 0. The number of hydrogen-bond acceptors (Lipinski definition) is 2. The van der Waals surface area contributed by atoms with E-state index in [1.54, 1.807) is 0 Å². The van der Waals surface area contributed by atoms with E-state index in [2.05, 4.69) is 52.6 Å². The van der Waals surface area contributed by atoms with Crippen molar-refractivity contribution in [2.75, 3.05) is 0 Å². The van der Waals surface area contributed by atoms with Gasteiger partial charge in [-0.15, -0.1) is 52.6 Å². The van der Waals surface area contributed by atoms with Gasteiger partial charge in [0.25, 0.3) is 0 Å².